The SMILES string of the molecule is Nc1[nH]ncc1S(=O)(=O)N1CCCC1Cc1ccccc1. The van der Waals surface area contributed by atoms with E-state index in [0.29, 0.717) is 6.54 Å². The molecule has 1 atom stereocenters. The van der Waals surface area contributed by atoms with Gasteiger partial charge in [0.2, 0.25) is 10.0 Å². The molecule has 1 fully saturated rings. The molecule has 2 heterocycles. The van der Waals surface area contributed by atoms with Gasteiger partial charge in [-0.1, -0.05) is 30.3 Å². The first-order chi connectivity index (χ1) is 10.1. The number of nitrogens with two attached hydrogens (primary N) is 1. The highest BCUT2D eigenvalue weighted by Gasteiger charge is 2.36. The lowest BCUT2D eigenvalue weighted by Gasteiger charge is -2.23. The van der Waals surface area contributed by atoms with Gasteiger partial charge in [-0.15, -0.1) is 0 Å². The van der Waals surface area contributed by atoms with E-state index in [1.807, 2.05) is 30.3 Å². The molecule has 3 rings (SSSR count). The van der Waals surface area contributed by atoms with E-state index in [1.54, 1.807) is 4.31 Å². The maximum atomic E-state index is 12.7. The van der Waals surface area contributed by atoms with Crippen LogP contribution in [0.15, 0.2) is 41.4 Å². The third kappa shape index (κ3) is 2.66. The minimum Gasteiger partial charge on any atom is -0.383 e. The number of rotatable bonds is 4. The molecule has 21 heavy (non-hydrogen) atoms. The van der Waals surface area contributed by atoms with Gasteiger partial charge in [0.1, 0.15) is 10.7 Å². The van der Waals surface area contributed by atoms with Crippen molar-refractivity contribution in [2.24, 2.45) is 0 Å². The van der Waals surface area contributed by atoms with Crippen LogP contribution in [0.25, 0.3) is 0 Å². The first kappa shape index (κ1) is 14.1. The fraction of sp³-hybridized carbons (Fsp3) is 0.357. The van der Waals surface area contributed by atoms with Gasteiger partial charge >= 0.3 is 0 Å². The van der Waals surface area contributed by atoms with E-state index >= 15 is 0 Å². The topological polar surface area (TPSA) is 92.1 Å². The van der Waals surface area contributed by atoms with Crippen LogP contribution in [0, 0.1) is 0 Å². The summed E-state index contributed by atoms with van der Waals surface area (Å²) in [6.45, 7) is 0.532. The smallest absolute Gasteiger partial charge is 0.248 e. The van der Waals surface area contributed by atoms with E-state index in [0.717, 1.165) is 24.8 Å². The lowest BCUT2D eigenvalue weighted by atomic mass is 10.1. The Morgan fingerprint density at radius 3 is 2.76 bits per heavy atom. The first-order valence-corrected chi connectivity index (χ1v) is 8.37. The Hall–Kier alpha value is -1.86. The molecule has 7 heteroatoms. The summed E-state index contributed by atoms with van der Waals surface area (Å²) in [5.41, 5.74) is 6.81. The van der Waals surface area contributed by atoms with E-state index < -0.39 is 10.0 Å². The zero-order chi connectivity index (χ0) is 14.9. The van der Waals surface area contributed by atoms with Crippen LogP contribution in [0.5, 0.6) is 0 Å². The second-order valence-corrected chi connectivity index (χ2v) is 7.11. The fourth-order valence-corrected chi connectivity index (χ4v) is 4.54. The number of anilines is 1. The summed E-state index contributed by atoms with van der Waals surface area (Å²) in [5.74, 6) is 0.0976. The quantitative estimate of drug-likeness (QED) is 0.892. The standard InChI is InChI=1S/C14H18N4O2S/c15-14-13(10-16-17-14)21(19,20)18-8-4-7-12(18)9-11-5-2-1-3-6-11/h1-3,5-6,10,12H,4,7-9H2,(H3,15,16,17). The highest BCUT2D eigenvalue weighted by molar-refractivity contribution is 7.89. The minimum absolute atomic E-state index is 0.0216. The van der Waals surface area contributed by atoms with E-state index in [9.17, 15) is 8.42 Å². The third-order valence-corrected chi connectivity index (χ3v) is 5.84. The number of nitrogens with zero attached hydrogens (tertiary/aromatic N) is 2. The average molecular weight is 306 g/mol. The molecule has 1 aliphatic rings. The van der Waals surface area contributed by atoms with Crippen LogP contribution in [-0.2, 0) is 16.4 Å². The molecule has 0 amide bonds. The Balaban J connectivity index is 1.86. The van der Waals surface area contributed by atoms with Crippen LogP contribution in [0.4, 0.5) is 5.82 Å². The van der Waals surface area contributed by atoms with Crippen molar-refractivity contribution in [3.8, 4) is 0 Å². The lowest BCUT2D eigenvalue weighted by Crippen LogP contribution is -2.36. The highest BCUT2D eigenvalue weighted by Crippen LogP contribution is 2.29. The van der Waals surface area contributed by atoms with Crippen LogP contribution >= 0.6 is 0 Å². The summed E-state index contributed by atoms with van der Waals surface area (Å²) in [6, 6.07) is 9.92. The average Bonchev–Trinajstić information content (AvgIpc) is 3.09. The Kier molecular flexibility index (Phi) is 3.69. The summed E-state index contributed by atoms with van der Waals surface area (Å²) in [5, 5.41) is 6.20. The zero-order valence-electron chi connectivity index (χ0n) is 11.6. The zero-order valence-corrected chi connectivity index (χ0v) is 12.4. The number of benzene rings is 1. The maximum absolute atomic E-state index is 12.7. The van der Waals surface area contributed by atoms with E-state index in [4.69, 9.17) is 5.73 Å². The highest BCUT2D eigenvalue weighted by atomic mass is 32.2. The number of hydrogen-bond acceptors (Lipinski definition) is 4. The van der Waals surface area contributed by atoms with Crippen molar-refractivity contribution in [3.63, 3.8) is 0 Å². The molecule has 112 valence electrons. The number of H-pyrrole nitrogens is 1. The first-order valence-electron chi connectivity index (χ1n) is 6.93. The number of aromatic amines is 1. The molecule has 0 bridgehead atoms. The summed E-state index contributed by atoms with van der Waals surface area (Å²) in [7, 11) is -3.58. The van der Waals surface area contributed by atoms with Crippen LogP contribution in [0.2, 0.25) is 0 Å². The van der Waals surface area contributed by atoms with E-state index in [-0.39, 0.29) is 16.8 Å². The summed E-state index contributed by atoms with van der Waals surface area (Å²) in [4.78, 5) is 0.0717. The molecular formula is C14H18N4O2S. The fourth-order valence-electron chi connectivity index (χ4n) is 2.83. The third-order valence-electron chi connectivity index (χ3n) is 3.86. The predicted molar refractivity (Wildman–Crippen MR) is 80.1 cm³/mol. The number of hydrogen-bond donors (Lipinski definition) is 2. The van der Waals surface area contributed by atoms with Gasteiger partial charge in [0.05, 0.1) is 6.20 Å². The van der Waals surface area contributed by atoms with Crippen LogP contribution in [-0.4, -0.2) is 35.5 Å². The normalized spacial score (nSPS) is 19.9. The van der Waals surface area contributed by atoms with Crippen LogP contribution in [0.3, 0.4) is 0 Å². The molecule has 6 nitrogen and oxygen atoms in total. The van der Waals surface area contributed by atoms with Crippen molar-refractivity contribution in [2.75, 3.05) is 12.3 Å². The second kappa shape index (κ2) is 5.50. The summed E-state index contributed by atoms with van der Waals surface area (Å²) in [6.07, 6.45) is 3.74. The molecule has 0 spiro atoms. The number of sulfonamides is 1. The Labute approximate surface area is 124 Å². The summed E-state index contributed by atoms with van der Waals surface area (Å²) >= 11 is 0. The Morgan fingerprint density at radius 1 is 1.33 bits per heavy atom. The number of nitrogens with one attached hydrogen (secondary N) is 1. The number of aromatic nitrogens is 2. The van der Waals surface area contributed by atoms with Crippen LogP contribution in [0.1, 0.15) is 18.4 Å². The van der Waals surface area contributed by atoms with Gasteiger partial charge < -0.3 is 5.73 Å². The van der Waals surface area contributed by atoms with E-state index in [2.05, 4.69) is 10.2 Å². The molecule has 3 N–H and O–H groups in total. The Bertz CT molecular complexity index is 712. The van der Waals surface area contributed by atoms with Gasteiger partial charge in [-0.05, 0) is 24.8 Å². The monoisotopic (exact) mass is 306 g/mol. The van der Waals surface area contributed by atoms with Crippen LogP contribution < -0.4 is 5.73 Å². The molecule has 2 aromatic rings. The summed E-state index contributed by atoms with van der Waals surface area (Å²) < 4.78 is 27.0. The number of nitrogen functional groups attached to an aromatic ring is 1. The van der Waals surface area contributed by atoms with Crippen molar-refractivity contribution >= 4 is 15.8 Å². The van der Waals surface area contributed by atoms with Gasteiger partial charge in [0.15, 0.2) is 0 Å². The molecule has 1 aromatic heterocycles. The molecule has 1 saturated heterocycles. The van der Waals surface area contributed by atoms with Crippen molar-refractivity contribution in [3.05, 3.63) is 42.1 Å². The van der Waals surface area contributed by atoms with Crippen molar-refractivity contribution in [1.29, 1.82) is 0 Å². The lowest BCUT2D eigenvalue weighted by molar-refractivity contribution is 0.386. The van der Waals surface area contributed by atoms with Gasteiger partial charge in [-0.2, -0.15) is 9.40 Å². The van der Waals surface area contributed by atoms with Gasteiger partial charge in [-0.25, -0.2) is 8.42 Å². The molecule has 1 aliphatic heterocycles. The van der Waals surface area contributed by atoms with E-state index in [1.165, 1.54) is 6.20 Å². The Morgan fingerprint density at radius 2 is 2.10 bits per heavy atom. The van der Waals surface area contributed by atoms with Crippen molar-refractivity contribution in [2.45, 2.75) is 30.2 Å². The largest absolute Gasteiger partial charge is 0.383 e. The van der Waals surface area contributed by atoms with Gasteiger partial charge in [-0.3, -0.25) is 5.10 Å². The minimum atomic E-state index is -3.58. The van der Waals surface area contributed by atoms with Crippen molar-refractivity contribution < 1.29 is 8.42 Å². The molecule has 0 aliphatic carbocycles. The van der Waals surface area contributed by atoms with Crippen molar-refractivity contribution in [1.82, 2.24) is 14.5 Å². The second-order valence-electron chi connectivity index (χ2n) is 5.25. The molecule has 1 unspecified atom stereocenters. The maximum Gasteiger partial charge on any atom is 0.248 e. The molecule has 1 aromatic carbocycles. The molecule has 0 radical (unpaired) electrons. The molecular weight excluding hydrogens is 288 g/mol. The van der Waals surface area contributed by atoms with Gasteiger partial charge in [0.25, 0.3) is 0 Å². The predicted octanol–water partition coefficient (Wildman–Crippen LogP) is 1.39. The molecule has 0 saturated carbocycles. The van der Waals surface area contributed by atoms with Gasteiger partial charge in [0, 0.05) is 12.6 Å².